The van der Waals surface area contributed by atoms with Crippen LogP contribution in [0.5, 0.6) is 0 Å². The maximum Gasteiger partial charge on any atom is 0.227 e. The third kappa shape index (κ3) is 4.03. The second kappa shape index (κ2) is 7.30. The van der Waals surface area contributed by atoms with Crippen molar-refractivity contribution in [3.8, 4) is 0 Å². The molecule has 0 spiro atoms. The van der Waals surface area contributed by atoms with E-state index in [1.807, 2.05) is 11.9 Å². The molecule has 5 nitrogen and oxygen atoms in total. The van der Waals surface area contributed by atoms with Crippen LogP contribution >= 0.6 is 11.9 Å². The summed E-state index contributed by atoms with van der Waals surface area (Å²) in [6, 6.07) is 1.33. The zero-order chi connectivity index (χ0) is 16.4. The number of nitrogens with zero attached hydrogens (tertiary/aromatic N) is 2. The van der Waals surface area contributed by atoms with Gasteiger partial charge < -0.3 is 10.6 Å². The van der Waals surface area contributed by atoms with Gasteiger partial charge in [-0.1, -0.05) is 25.8 Å². The van der Waals surface area contributed by atoms with E-state index in [2.05, 4.69) is 39.9 Å². The molecule has 132 valence electrons. The highest BCUT2D eigenvalue weighted by Gasteiger charge is 2.45. The highest BCUT2D eigenvalue weighted by atomic mass is 32.2. The smallest absolute Gasteiger partial charge is 0.227 e. The first-order valence-electron chi connectivity index (χ1n) is 9.06. The zero-order valence-electron chi connectivity index (χ0n) is 14.8. The van der Waals surface area contributed by atoms with Crippen molar-refractivity contribution in [3.05, 3.63) is 0 Å². The number of piperidine rings is 2. The van der Waals surface area contributed by atoms with E-state index in [9.17, 15) is 4.79 Å². The van der Waals surface area contributed by atoms with Crippen LogP contribution in [0.2, 0.25) is 0 Å². The Morgan fingerprint density at radius 2 is 1.91 bits per heavy atom. The van der Waals surface area contributed by atoms with Crippen LogP contribution in [0, 0.1) is 11.3 Å². The van der Waals surface area contributed by atoms with Crippen LogP contribution in [0.4, 0.5) is 0 Å². The molecule has 2 bridgehead atoms. The number of nitrogens with one attached hydrogen (secondary N) is 2. The molecule has 0 aromatic rings. The molecule has 4 aliphatic heterocycles. The maximum atomic E-state index is 13.0. The van der Waals surface area contributed by atoms with Gasteiger partial charge in [-0.3, -0.25) is 14.0 Å². The Hall–Kier alpha value is -0.300. The summed E-state index contributed by atoms with van der Waals surface area (Å²) < 4.78 is 2.39. The molecule has 0 aliphatic carbocycles. The summed E-state index contributed by atoms with van der Waals surface area (Å²) in [6.07, 6.45) is 5.42. The number of hydrogen-bond acceptors (Lipinski definition) is 5. The lowest BCUT2D eigenvalue weighted by molar-refractivity contribution is -0.135. The Balaban J connectivity index is 1.64. The van der Waals surface area contributed by atoms with Crippen LogP contribution in [-0.2, 0) is 4.79 Å². The average Bonchev–Trinajstić information content (AvgIpc) is 2.52. The first kappa shape index (κ1) is 17.5. The Kier molecular flexibility index (Phi) is 5.56. The lowest BCUT2D eigenvalue weighted by Crippen LogP contribution is -2.68. The predicted molar refractivity (Wildman–Crippen MR) is 96.4 cm³/mol. The number of carbonyl (C=O) groups excluding carboxylic acids is 1. The first-order valence-corrected chi connectivity index (χ1v) is 10.2. The normalized spacial score (nSPS) is 31.0. The third-order valence-electron chi connectivity index (χ3n) is 5.61. The third-order valence-corrected chi connectivity index (χ3v) is 6.50. The monoisotopic (exact) mass is 340 g/mol. The molecule has 4 rings (SSSR count). The van der Waals surface area contributed by atoms with Gasteiger partial charge in [0.25, 0.3) is 0 Å². The molecule has 0 saturated carbocycles. The fraction of sp³-hybridized carbons (Fsp3) is 0.941. The van der Waals surface area contributed by atoms with Gasteiger partial charge >= 0.3 is 0 Å². The summed E-state index contributed by atoms with van der Waals surface area (Å²) in [5, 5.41) is 6.82. The highest BCUT2D eigenvalue weighted by Crippen LogP contribution is 2.36. The Morgan fingerprint density at radius 3 is 2.43 bits per heavy atom. The number of hydrogen-bond donors (Lipinski definition) is 2. The van der Waals surface area contributed by atoms with Gasteiger partial charge in [-0.25, -0.2) is 0 Å². The van der Waals surface area contributed by atoms with Gasteiger partial charge in [0, 0.05) is 51.4 Å². The van der Waals surface area contributed by atoms with Gasteiger partial charge in [-0.15, -0.1) is 0 Å². The van der Waals surface area contributed by atoms with Crippen LogP contribution in [0.25, 0.3) is 0 Å². The number of carbonyl (C=O) groups is 1. The summed E-state index contributed by atoms with van der Waals surface area (Å²) in [6.45, 7) is 10.3. The Morgan fingerprint density at radius 1 is 1.30 bits per heavy atom. The molecule has 2 N–H and O–H groups in total. The fourth-order valence-corrected chi connectivity index (χ4v) is 4.75. The van der Waals surface area contributed by atoms with Gasteiger partial charge in [0.15, 0.2) is 0 Å². The molecule has 0 aromatic heterocycles. The van der Waals surface area contributed by atoms with E-state index in [0.717, 1.165) is 52.1 Å². The van der Waals surface area contributed by atoms with Gasteiger partial charge in [0.1, 0.15) is 0 Å². The van der Waals surface area contributed by atoms with Crippen LogP contribution in [0.15, 0.2) is 0 Å². The standard InChI is InChI=1S/C17H32N4OS/c1-13(2)9-18-16(22)17(4-6-21(23-3)7-5-17)12-20-10-14-8-15(11-20)19-14/h13-15,19H,4-12H2,1-3H3,(H,18,22). The summed E-state index contributed by atoms with van der Waals surface area (Å²) in [4.78, 5) is 15.5. The van der Waals surface area contributed by atoms with E-state index >= 15 is 0 Å². The van der Waals surface area contributed by atoms with Crippen molar-refractivity contribution >= 4 is 17.9 Å². The summed E-state index contributed by atoms with van der Waals surface area (Å²) in [5.74, 6) is 0.799. The van der Waals surface area contributed by atoms with E-state index in [1.54, 1.807) is 0 Å². The van der Waals surface area contributed by atoms with E-state index in [4.69, 9.17) is 0 Å². The highest BCUT2D eigenvalue weighted by molar-refractivity contribution is 7.96. The molecule has 2 unspecified atom stereocenters. The van der Waals surface area contributed by atoms with Crippen LogP contribution in [0.1, 0.15) is 33.1 Å². The maximum absolute atomic E-state index is 13.0. The number of rotatable bonds is 6. The second-order valence-corrected chi connectivity index (χ2v) is 8.87. The summed E-state index contributed by atoms with van der Waals surface area (Å²) in [7, 11) is 0. The summed E-state index contributed by atoms with van der Waals surface area (Å²) >= 11 is 1.81. The van der Waals surface area contributed by atoms with Crippen molar-refractivity contribution in [3.63, 3.8) is 0 Å². The van der Waals surface area contributed by atoms with E-state index < -0.39 is 0 Å². The topological polar surface area (TPSA) is 47.6 Å². The number of fused-ring (bicyclic) bond motifs is 2. The molecule has 0 aromatic carbocycles. The SMILES string of the molecule is CSN1CCC(CN2CC3CC(C2)N3)(C(=O)NCC(C)C)CC1. The number of amides is 1. The average molecular weight is 341 g/mol. The molecular formula is C17H32N4OS. The minimum absolute atomic E-state index is 0.190. The van der Waals surface area contributed by atoms with Gasteiger partial charge in [-0.2, -0.15) is 0 Å². The quantitative estimate of drug-likeness (QED) is 0.711. The van der Waals surface area contributed by atoms with E-state index in [0.29, 0.717) is 23.9 Å². The van der Waals surface area contributed by atoms with Crippen molar-refractivity contribution in [1.82, 2.24) is 19.8 Å². The molecule has 0 radical (unpaired) electrons. The van der Waals surface area contributed by atoms with E-state index in [1.165, 1.54) is 6.42 Å². The van der Waals surface area contributed by atoms with Crippen LogP contribution < -0.4 is 10.6 Å². The molecule has 4 saturated heterocycles. The van der Waals surface area contributed by atoms with Crippen LogP contribution in [-0.4, -0.2) is 72.7 Å². The minimum Gasteiger partial charge on any atom is -0.355 e. The molecule has 1 amide bonds. The van der Waals surface area contributed by atoms with Gasteiger partial charge in [0.2, 0.25) is 5.91 Å². The van der Waals surface area contributed by atoms with Crippen molar-refractivity contribution in [2.45, 2.75) is 45.2 Å². The number of piperazine rings is 1. The molecule has 2 atom stereocenters. The van der Waals surface area contributed by atoms with Crippen molar-refractivity contribution in [2.24, 2.45) is 11.3 Å². The molecule has 4 fully saturated rings. The van der Waals surface area contributed by atoms with Crippen LogP contribution in [0.3, 0.4) is 0 Å². The molecule has 6 heteroatoms. The second-order valence-electron chi connectivity index (χ2n) is 7.99. The molecule has 4 aliphatic rings. The van der Waals surface area contributed by atoms with Crippen molar-refractivity contribution in [2.75, 3.05) is 45.5 Å². The van der Waals surface area contributed by atoms with Crippen molar-refractivity contribution < 1.29 is 4.79 Å². The molecule has 23 heavy (non-hydrogen) atoms. The van der Waals surface area contributed by atoms with Gasteiger partial charge in [-0.05, 0) is 31.4 Å². The minimum atomic E-state index is -0.190. The molecule has 4 heterocycles. The molecular weight excluding hydrogens is 308 g/mol. The van der Waals surface area contributed by atoms with Crippen molar-refractivity contribution in [1.29, 1.82) is 0 Å². The zero-order valence-corrected chi connectivity index (χ0v) is 15.6. The first-order chi connectivity index (χ1) is 11.0. The van der Waals surface area contributed by atoms with E-state index in [-0.39, 0.29) is 5.41 Å². The largest absolute Gasteiger partial charge is 0.355 e. The lowest BCUT2D eigenvalue weighted by Gasteiger charge is -2.51. The fourth-order valence-electron chi connectivity index (χ4n) is 4.20. The van der Waals surface area contributed by atoms with Gasteiger partial charge in [0.05, 0.1) is 5.41 Å². The lowest BCUT2D eigenvalue weighted by atomic mass is 9.76. The predicted octanol–water partition coefficient (Wildman–Crippen LogP) is 1.16. The Labute approximate surface area is 145 Å². The Bertz CT molecular complexity index is 407. The summed E-state index contributed by atoms with van der Waals surface area (Å²) in [5.41, 5.74) is -0.190.